The minimum Gasteiger partial charge on any atom is -0.465 e. The quantitative estimate of drug-likeness (QED) is 0.684. The first-order chi connectivity index (χ1) is 12.6. The van der Waals surface area contributed by atoms with Crippen molar-refractivity contribution in [2.45, 2.75) is 0 Å². The van der Waals surface area contributed by atoms with Crippen molar-refractivity contribution in [2.24, 2.45) is 0 Å². The Morgan fingerprint density at radius 1 is 1.12 bits per heavy atom. The van der Waals surface area contributed by atoms with Crippen molar-refractivity contribution in [3.8, 4) is 11.5 Å². The third-order valence-corrected chi connectivity index (χ3v) is 4.59. The van der Waals surface area contributed by atoms with Gasteiger partial charge in [-0.2, -0.15) is 0 Å². The van der Waals surface area contributed by atoms with E-state index in [2.05, 4.69) is 15.6 Å². The van der Waals surface area contributed by atoms with Crippen LogP contribution in [0.2, 0.25) is 0 Å². The van der Waals surface area contributed by atoms with E-state index in [1.807, 2.05) is 0 Å². The molecule has 1 aliphatic rings. The lowest BCUT2D eigenvalue weighted by Gasteiger charge is -2.06. The van der Waals surface area contributed by atoms with Crippen LogP contribution in [0, 0.1) is 0 Å². The minimum atomic E-state index is -0.434. The number of urea groups is 1. The van der Waals surface area contributed by atoms with Crippen LogP contribution in [0.15, 0.2) is 36.4 Å². The second kappa shape index (κ2) is 6.52. The molecule has 0 saturated heterocycles. The van der Waals surface area contributed by atoms with Crippen molar-refractivity contribution >= 4 is 44.4 Å². The van der Waals surface area contributed by atoms with E-state index in [0.29, 0.717) is 33.4 Å². The van der Waals surface area contributed by atoms with Gasteiger partial charge < -0.3 is 19.5 Å². The number of esters is 1. The number of methoxy groups -OCH3 is 1. The van der Waals surface area contributed by atoms with Crippen LogP contribution >= 0.6 is 11.3 Å². The van der Waals surface area contributed by atoms with E-state index in [0.717, 1.165) is 4.70 Å². The summed E-state index contributed by atoms with van der Waals surface area (Å²) in [7, 11) is 1.33. The summed E-state index contributed by atoms with van der Waals surface area (Å²) < 4.78 is 16.0. The van der Waals surface area contributed by atoms with Crippen LogP contribution in [0.5, 0.6) is 11.5 Å². The molecule has 0 aliphatic carbocycles. The van der Waals surface area contributed by atoms with E-state index >= 15 is 0 Å². The van der Waals surface area contributed by atoms with Gasteiger partial charge in [0.1, 0.15) is 0 Å². The molecule has 0 spiro atoms. The Hall–Kier alpha value is -3.33. The fourth-order valence-electron chi connectivity index (χ4n) is 2.46. The van der Waals surface area contributed by atoms with E-state index in [9.17, 15) is 9.59 Å². The van der Waals surface area contributed by atoms with E-state index < -0.39 is 12.0 Å². The van der Waals surface area contributed by atoms with Gasteiger partial charge in [0.2, 0.25) is 6.79 Å². The number of benzene rings is 2. The number of nitrogens with one attached hydrogen (secondary N) is 2. The van der Waals surface area contributed by atoms with Gasteiger partial charge in [0, 0.05) is 11.8 Å². The molecule has 1 aliphatic heterocycles. The van der Waals surface area contributed by atoms with Gasteiger partial charge >= 0.3 is 12.0 Å². The number of carbonyl (C=O) groups is 2. The number of thiazole rings is 1. The summed E-state index contributed by atoms with van der Waals surface area (Å²) in [6, 6.07) is 9.71. The number of nitrogens with zero attached hydrogens (tertiary/aromatic N) is 1. The molecule has 3 aromatic rings. The Balaban J connectivity index is 1.48. The topological polar surface area (TPSA) is 98.8 Å². The molecular formula is C17H13N3O5S. The van der Waals surface area contributed by atoms with Crippen LogP contribution in [0.4, 0.5) is 15.6 Å². The maximum Gasteiger partial charge on any atom is 0.337 e. The monoisotopic (exact) mass is 371 g/mol. The van der Waals surface area contributed by atoms with Crippen molar-refractivity contribution in [1.29, 1.82) is 0 Å². The number of hydrogen-bond donors (Lipinski definition) is 2. The van der Waals surface area contributed by atoms with Gasteiger partial charge in [-0.3, -0.25) is 5.32 Å². The molecule has 8 nitrogen and oxygen atoms in total. The van der Waals surface area contributed by atoms with Crippen LogP contribution in [0.25, 0.3) is 10.2 Å². The average molecular weight is 371 g/mol. The molecule has 2 amide bonds. The molecule has 0 fully saturated rings. The van der Waals surface area contributed by atoms with Gasteiger partial charge in [-0.15, -0.1) is 0 Å². The maximum atomic E-state index is 12.2. The van der Waals surface area contributed by atoms with E-state index in [-0.39, 0.29) is 6.79 Å². The van der Waals surface area contributed by atoms with Crippen LogP contribution in [-0.4, -0.2) is 30.9 Å². The van der Waals surface area contributed by atoms with Crippen molar-refractivity contribution in [3.63, 3.8) is 0 Å². The zero-order valence-electron chi connectivity index (χ0n) is 13.6. The van der Waals surface area contributed by atoms with Crippen LogP contribution in [0.3, 0.4) is 0 Å². The number of hydrogen-bond acceptors (Lipinski definition) is 7. The third kappa shape index (κ3) is 3.11. The molecule has 2 aromatic carbocycles. The predicted octanol–water partition coefficient (Wildman–Crippen LogP) is 3.46. The van der Waals surface area contributed by atoms with Crippen LogP contribution in [0.1, 0.15) is 10.4 Å². The van der Waals surface area contributed by atoms with E-state index in [1.165, 1.54) is 18.4 Å². The molecule has 0 bridgehead atoms. The molecule has 132 valence electrons. The van der Waals surface area contributed by atoms with Crippen molar-refractivity contribution in [2.75, 3.05) is 24.5 Å². The highest BCUT2D eigenvalue weighted by Gasteiger charge is 2.15. The Morgan fingerprint density at radius 2 is 1.96 bits per heavy atom. The lowest BCUT2D eigenvalue weighted by molar-refractivity contribution is 0.0601. The second-order valence-corrected chi connectivity index (χ2v) is 6.37. The predicted molar refractivity (Wildman–Crippen MR) is 96.2 cm³/mol. The number of rotatable bonds is 3. The lowest BCUT2D eigenvalue weighted by Crippen LogP contribution is -2.19. The molecule has 2 heterocycles. The van der Waals surface area contributed by atoms with Crippen LogP contribution < -0.4 is 20.1 Å². The smallest absolute Gasteiger partial charge is 0.337 e. The van der Waals surface area contributed by atoms with Gasteiger partial charge in [-0.05, 0) is 30.3 Å². The number of anilines is 2. The average Bonchev–Trinajstić information content (AvgIpc) is 3.25. The third-order valence-electron chi connectivity index (χ3n) is 3.66. The van der Waals surface area contributed by atoms with Gasteiger partial charge in [0.05, 0.1) is 22.9 Å². The van der Waals surface area contributed by atoms with Gasteiger partial charge in [-0.1, -0.05) is 11.3 Å². The first-order valence-corrected chi connectivity index (χ1v) is 8.40. The normalized spacial score (nSPS) is 12.0. The molecule has 1 aromatic heterocycles. The summed E-state index contributed by atoms with van der Waals surface area (Å²) in [6.07, 6.45) is 0. The van der Waals surface area contributed by atoms with Crippen molar-refractivity contribution < 1.29 is 23.8 Å². The number of fused-ring (bicyclic) bond motifs is 2. The highest BCUT2D eigenvalue weighted by atomic mass is 32.1. The first kappa shape index (κ1) is 16.2. The van der Waals surface area contributed by atoms with Crippen molar-refractivity contribution in [3.05, 3.63) is 42.0 Å². The minimum absolute atomic E-state index is 0.171. The summed E-state index contributed by atoms with van der Waals surface area (Å²) in [5, 5.41) is 5.81. The Bertz CT molecular complexity index is 1020. The van der Waals surface area contributed by atoms with Gasteiger partial charge in [0.25, 0.3) is 0 Å². The Labute approximate surface area is 151 Å². The summed E-state index contributed by atoms with van der Waals surface area (Å²) in [5.41, 5.74) is 1.68. The summed E-state index contributed by atoms with van der Waals surface area (Å²) in [6.45, 7) is 0.171. The Morgan fingerprint density at radius 3 is 2.81 bits per heavy atom. The molecule has 0 saturated carbocycles. The Kier molecular flexibility index (Phi) is 4.05. The summed E-state index contributed by atoms with van der Waals surface area (Å²) in [4.78, 5) is 28.1. The van der Waals surface area contributed by atoms with E-state index in [4.69, 9.17) is 14.2 Å². The van der Waals surface area contributed by atoms with Gasteiger partial charge in [0.15, 0.2) is 16.6 Å². The standard InChI is InChI=1S/C17H13N3O5S/c1-23-15(21)9-2-4-11-14(6-9)26-17(19-11)20-16(22)18-10-3-5-12-13(7-10)25-8-24-12/h2-7H,8H2,1H3,(H2,18,19,20,22). The molecule has 0 radical (unpaired) electrons. The fourth-order valence-corrected chi connectivity index (χ4v) is 3.36. The zero-order valence-corrected chi connectivity index (χ0v) is 14.4. The maximum absolute atomic E-state index is 12.2. The molecule has 0 unspecified atom stereocenters. The lowest BCUT2D eigenvalue weighted by atomic mass is 10.2. The highest BCUT2D eigenvalue weighted by molar-refractivity contribution is 7.22. The largest absolute Gasteiger partial charge is 0.465 e. The highest BCUT2D eigenvalue weighted by Crippen LogP contribution is 2.34. The van der Waals surface area contributed by atoms with Gasteiger partial charge in [-0.25, -0.2) is 14.6 Å². The molecule has 9 heteroatoms. The fraction of sp³-hybridized carbons (Fsp3) is 0.118. The summed E-state index contributed by atoms with van der Waals surface area (Å²) >= 11 is 1.26. The second-order valence-electron chi connectivity index (χ2n) is 5.34. The number of ether oxygens (including phenoxy) is 3. The summed E-state index contributed by atoms with van der Waals surface area (Å²) in [5.74, 6) is 0.803. The van der Waals surface area contributed by atoms with Crippen LogP contribution in [-0.2, 0) is 4.74 Å². The zero-order chi connectivity index (χ0) is 18.1. The molecule has 26 heavy (non-hydrogen) atoms. The molecule has 0 atom stereocenters. The van der Waals surface area contributed by atoms with E-state index in [1.54, 1.807) is 36.4 Å². The number of amides is 2. The molecule has 2 N–H and O–H groups in total. The first-order valence-electron chi connectivity index (χ1n) is 7.59. The number of carbonyl (C=O) groups excluding carboxylic acids is 2. The molecule has 4 rings (SSSR count). The van der Waals surface area contributed by atoms with Crippen molar-refractivity contribution in [1.82, 2.24) is 4.98 Å². The molecular weight excluding hydrogens is 358 g/mol. The SMILES string of the molecule is COC(=O)c1ccc2nc(NC(=O)Nc3ccc4c(c3)OCO4)sc2c1. The number of aromatic nitrogens is 1.